The molecular formula is C48H120Cu8S8Si8. The number of hydrogen-bond donors (Lipinski definition) is 0. The molecule has 0 aliphatic rings. The van der Waals surface area contributed by atoms with Gasteiger partial charge in [-0.1, -0.05) is 369 Å². The second-order valence-corrected chi connectivity index (χ2v) is 90.7. The second-order valence-electron chi connectivity index (χ2n) is 30.1. The Morgan fingerprint density at radius 1 is 0.139 bits per heavy atom. The van der Waals surface area contributed by atoms with E-state index in [9.17, 15) is 0 Å². The maximum absolute atomic E-state index is 5.36. The minimum atomic E-state index is -1.28. The Labute approximate surface area is 593 Å². The second kappa shape index (κ2) is 45.0. The van der Waals surface area contributed by atoms with Crippen LogP contribution in [0.4, 0.5) is 0 Å². The Morgan fingerprint density at radius 3 is 0.153 bits per heavy atom. The van der Waals surface area contributed by atoms with Crippen LogP contribution in [0.15, 0.2) is 0 Å². The molecule has 0 atom stereocenters. The van der Waals surface area contributed by atoms with Crippen LogP contribution in [0.5, 0.6) is 0 Å². The van der Waals surface area contributed by atoms with Crippen LogP contribution in [-0.4, -0.2) is 57.8 Å². The van der Waals surface area contributed by atoms with E-state index in [-0.39, 0.29) is 137 Å². The molecule has 0 saturated heterocycles. The predicted molar refractivity (Wildman–Crippen MR) is 356 cm³/mol. The summed E-state index contributed by atoms with van der Waals surface area (Å²) in [5.74, 6) is 0. The zero-order valence-electron chi connectivity index (χ0n) is 53.7. The molecule has 0 rings (SSSR count). The molecule has 0 aliphatic heterocycles. The first-order valence-corrected chi connectivity index (χ1v) is 56.7. The monoisotopic (exact) mass is 1680 g/mol. The summed E-state index contributed by atoms with van der Waals surface area (Å²) in [6.07, 6.45) is 0. The molecule has 480 valence electrons. The number of rotatable bonds is 0. The van der Waals surface area contributed by atoms with Crippen LogP contribution in [-0.2, 0) is 233 Å². The van der Waals surface area contributed by atoms with Gasteiger partial charge < -0.3 is 96.6 Å². The Kier molecular flexibility index (Phi) is 76.6. The molecular weight excluding hydrogens is 1570 g/mol. The Hall–Kier alpha value is 8.69. The van der Waals surface area contributed by atoms with Gasteiger partial charge in [0.15, 0.2) is 0 Å². The van der Waals surface area contributed by atoms with E-state index in [1.54, 1.807) is 0 Å². The van der Waals surface area contributed by atoms with Gasteiger partial charge in [0.05, 0.1) is 0 Å². The Balaban J connectivity index is -0.0000000350. The molecule has 0 saturated carbocycles. The summed E-state index contributed by atoms with van der Waals surface area (Å²) >= 11 is 42.9. The van der Waals surface area contributed by atoms with Gasteiger partial charge in [-0.15, -0.1) is 0 Å². The van der Waals surface area contributed by atoms with Crippen LogP contribution < -0.4 is 0 Å². The molecule has 0 bridgehead atoms. The molecule has 24 heteroatoms. The first kappa shape index (κ1) is 122. The Bertz CT molecular complexity index is 832. The van der Waals surface area contributed by atoms with E-state index < -0.39 is 57.8 Å². The van der Waals surface area contributed by atoms with Crippen LogP contribution in [0.1, 0.15) is 166 Å². The van der Waals surface area contributed by atoms with Crippen LogP contribution in [0.2, 0.25) is 145 Å². The fourth-order valence-electron chi connectivity index (χ4n) is 0. The molecule has 0 aromatic rings. The van der Waals surface area contributed by atoms with E-state index in [1.807, 2.05) is 0 Å². The van der Waals surface area contributed by atoms with Gasteiger partial charge in [-0.2, -0.15) is 0 Å². The van der Waals surface area contributed by atoms with Crippen molar-refractivity contribution in [3.63, 3.8) is 0 Å². The van der Waals surface area contributed by atoms with E-state index >= 15 is 0 Å². The largest absolute Gasteiger partial charge is 1.00 e. The summed E-state index contributed by atoms with van der Waals surface area (Å²) in [6.45, 7) is 89.1. The normalized spacial score (nSPS) is 12.7. The van der Waals surface area contributed by atoms with Crippen molar-refractivity contribution in [1.29, 1.82) is 0 Å². The third-order valence-electron chi connectivity index (χ3n) is 14.4. The predicted octanol–water partition coefficient (Wildman–Crippen LogP) is 20.3. The van der Waals surface area contributed by atoms with E-state index in [2.05, 4.69) is 271 Å². The van der Waals surface area contributed by atoms with Crippen LogP contribution >= 0.6 is 0 Å². The molecule has 0 unspecified atom stereocenters. The zero-order valence-corrected chi connectivity index (χ0v) is 75.7. The standard InChI is InChI=1S/8C6H15SSi.8Cu/c8*1-6(2,3)8(4,5)7;;;;;;;;/h8*1-5H3;;;;;;;;/q8*-1;8*+1. The van der Waals surface area contributed by atoms with Gasteiger partial charge >= 0.3 is 137 Å². The maximum atomic E-state index is 5.36. The minimum absolute atomic E-state index is 0. The van der Waals surface area contributed by atoms with Crippen molar-refractivity contribution in [3.05, 3.63) is 0 Å². The quantitative estimate of drug-likeness (QED) is 0.172. The number of hydrogen-bond acceptors (Lipinski definition) is 8. The zero-order chi connectivity index (χ0) is 56.0. The molecule has 0 radical (unpaired) electrons. The topological polar surface area (TPSA) is 0 Å². The molecule has 0 nitrogen and oxygen atoms in total. The van der Waals surface area contributed by atoms with Crippen molar-refractivity contribution in [2.75, 3.05) is 0 Å². The summed E-state index contributed by atoms with van der Waals surface area (Å²) in [5, 5.41) is 3.13. The van der Waals surface area contributed by atoms with Gasteiger partial charge in [0.2, 0.25) is 0 Å². The van der Waals surface area contributed by atoms with Crippen molar-refractivity contribution in [2.45, 2.75) is 311 Å². The van der Waals surface area contributed by atoms with Crippen molar-refractivity contribution in [2.24, 2.45) is 0 Å². The smallest absolute Gasteiger partial charge is 0.796 e. The van der Waals surface area contributed by atoms with Crippen LogP contribution in [0, 0.1) is 0 Å². The van der Waals surface area contributed by atoms with Gasteiger partial charge in [-0.25, -0.2) is 0 Å². The molecule has 0 fully saturated rings. The van der Waals surface area contributed by atoms with Gasteiger partial charge in [0.25, 0.3) is 0 Å². The summed E-state index contributed by atoms with van der Waals surface area (Å²) < 4.78 is 0. The summed E-state index contributed by atoms with van der Waals surface area (Å²) in [6, 6.07) is 0. The van der Waals surface area contributed by atoms with E-state index in [0.717, 1.165) is 0 Å². The third-order valence-corrected chi connectivity index (χ3v) is 58.0. The first-order chi connectivity index (χ1) is 26.0. The fraction of sp³-hybridized carbons (Fsp3) is 1.00. The average molecular weight is 1690 g/mol. The Morgan fingerprint density at radius 2 is 0.153 bits per heavy atom. The minimum Gasteiger partial charge on any atom is -0.796 e. The molecule has 0 aromatic heterocycles. The van der Waals surface area contributed by atoms with Crippen molar-refractivity contribution >= 4 is 154 Å². The van der Waals surface area contributed by atoms with E-state index in [4.69, 9.17) is 96.6 Å². The van der Waals surface area contributed by atoms with Crippen molar-refractivity contribution in [1.82, 2.24) is 0 Å². The SMILES string of the molecule is CC(C)(C)[Si](C)(C)[S-].CC(C)(C)[Si](C)(C)[S-].CC(C)(C)[Si](C)(C)[S-].CC(C)(C)[Si](C)(C)[S-].CC(C)(C)[Si](C)(C)[S-].CC(C)(C)[Si](C)(C)[S-].CC(C)(C)[Si](C)(C)[S-].CC(C)(C)[Si](C)(C)[S-].[Cu+].[Cu+].[Cu+].[Cu+].[Cu+].[Cu+].[Cu+].[Cu+]. The van der Waals surface area contributed by atoms with Gasteiger partial charge in [0, 0.05) is 0 Å². The molecule has 72 heavy (non-hydrogen) atoms. The summed E-state index contributed by atoms with van der Waals surface area (Å²) in [5.41, 5.74) is 0. The molecule has 0 spiro atoms. The van der Waals surface area contributed by atoms with Gasteiger partial charge in [-0.05, 0) is 0 Å². The summed E-state index contributed by atoms with van der Waals surface area (Å²) in [7, 11) is -10.2. The van der Waals surface area contributed by atoms with E-state index in [0.29, 0.717) is 40.3 Å². The summed E-state index contributed by atoms with van der Waals surface area (Å²) in [4.78, 5) is 0. The molecule has 0 N–H and O–H groups in total. The molecule has 0 aromatic carbocycles. The fourth-order valence-corrected chi connectivity index (χ4v) is 0. The third kappa shape index (κ3) is 72.9. The first-order valence-electron chi connectivity index (χ1n) is 23.6. The van der Waals surface area contributed by atoms with Crippen LogP contribution in [0.25, 0.3) is 0 Å². The molecule has 0 aliphatic carbocycles. The molecule has 0 heterocycles. The molecule has 0 amide bonds. The van der Waals surface area contributed by atoms with Crippen molar-refractivity contribution in [3.8, 4) is 0 Å². The van der Waals surface area contributed by atoms with Gasteiger partial charge in [-0.3, -0.25) is 0 Å². The van der Waals surface area contributed by atoms with Crippen LogP contribution in [0.3, 0.4) is 0 Å². The average Bonchev–Trinajstić information content (AvgIpc) is 2.81. The van der Waals surface area contributed by atoms with Crippen molar-refractivity contribution < 1.29 is 137 Å². The van der Waals surface area contributed by atoms with Gasteiger partial charge in [0.1, 0.15) is 0 Å². The van der Waals surface area contributed by atoms with E-state index in [1.165, 1.54) is 0 Å². The maximum Gasteiger partial charge on any atom is 1.00 e.